The molecule has 2 N–H and O–H groups in total. The lowest BCUT2D eigenvalue weighted by atomic mass is 10.1. The van der Waals surface area contributed by atoms with E-state index >= 15 is 0 Å². The van der Waals surface area contributed by atoms with E-state index in [1.54, 1.807) is 12.3 Å². The second kappa shape index (κ2) is 10.1. The molecule has 0 spiro atoms. The summed E-state index contributed by atoms with van der Waals surface area (Å²) in [7, 11) is 0. The van der Waals surface area contributed by atoms with Gasteiger partial charge in [-0.1, -0.05) is 12.8 Å². The van der Waals surface area contributed by atoms with E-state index in [-0.39, 0.29) is 17.5 Å². The van der Waals surface area contributed by atoms with Crippen molar-refractivity contribution in [2.75, 3.05) is 36.4 Å². The summed E-state index contributed by atoms with van der Waals surface area (Å²) in [6.45, 7) is 2.87. The Hall–Kier alpha value is -3.14. The fourth-order valence-corrected chi connectivity index (χ4v) is 5.38. The van der Waals surface area contributed by atoms with Gasteiger partial charge in [0, 0.05) is 54.7 Å². The Balaban J connectivity index is 1.27. The number of fused-ring (bicyclic) bond motifs is 1. The van der Waals surface area contributed by atoms with Crippen molar-refractivity contribution in [2.45, 2.75) is 51.2 Å². The van der Waals surface area contributed by atoms with E-state index in [1.165, 1.54) is 0 Å². The van der Waals surface area contributed by atoms with Crippen molar-refractivity contribution in [2.24, 2.45) is 5.92 Å². The molecule has 5 rings (SSSR count). The molecule has 3 heterocycles. The van der Waals surface area contributed by atoms with Gasteiger partial charge in [-0.25, -0.2) is 4.98 Å². The van der Waals surface area contributed by atoms with Crippen LogP contribution in [0.25, 0.3) is 11.0 Å². The summed E-state index contributed by atoms with van der Waals surface area (Å²) in [6.07, 6.45) is 2.68. The van der Waals surface area contributed by atoms with Crippen LogP contribution >= 0.6 is 0 Å². The molecule has 192 valence electrons. The van der Waals surface area contributed by atoms with Crippen molar-refractivity contribution in [1.29, 1.82) is 0 Å². The molecule has 1 saturated carbocycles. The van der Waals surface area contributed by atoms with Crippen LogP contribution < -0.4 is 21.1 Å². The Bertz CT molecular complexity index is 1270. The highest BCUT2D eigenvalue weighted by Crippen LogP contribution is 2.31. The Labute approximate surface area is 207 Å². The summed E-state index contributed by atoms with van der Waals surface area (Å²) in [5, 5.41) is 6.65. The number of hydrogen-bond donors (Lipinski definition) is 2. The summed E-state index contributed by atoms with van der Waals surface area (Å²) in [6, 6.07) is 9.72. The third-order valence-corrected chi connectivity index (χ3v) is 7.22. The molecule has 1 atom stereocenters. The molecule has 2 aromatic heterocycles. The maximum atomic E-state index is 12.8. The van der Waals surface area contributed by atoms with Crippen LogP contribution in [0.15, 0.2) is 41.3 Å². The molecule has 1 unspecified atom stereocenters. The molecule has 0 radical (unpaired) electrons. The van der Waals surface area contributed by atoms with Crippen molar-refractivity contribution in [3.63, 3.8) is 0 Å². The van der Waals surface area contributed by atoms with Gasteiger partial charge in [0.05, 0.1) is 6.54 Å². The molecular weight excluding hydrogens is 469 g/mol. The first kappa shape index (κ1) is 24.5. The molecule has 2 fully saturated rings. The van der Waals surface area contributed by atoms with Crippen molar-refractivity contribution < 1.29 is 13.2 Å². The molecule has 1 saturated heterocycles. The highest BCUT2D eigenvalue weighted by Gasteiger charge is 2.28. The molecular formula is C26H31F3N6O. The number of alkyl halides is 3. The van der Waals surface area contributed by atoms with Gasteiger partial charge in [-0.05, 0) is 61.9 Å². The van der Waals surface area contributed by atoms with Gasteiger partial charge in [-0.3, -0.25) is 9.36 Å². The van der Waals surface area contributed by atoms with Crippen molar-refractivity contribution in [1.82, 2.24) is 19.9 Å². The highest BCUT2D eigenvalue weighted by atomic mass is 19.4. The van der Waals surface area contributed by atoms with E-state index < -0.39 is 12.7 Å². The minimum absolute atomic E-state index is 0.0153. The summed E-state index contributed by atoms with van der Waals surface area (Å²) in [4.78, 5) is 24.2. The largest absolute Gasteiger partial charge is 0.401 e. The van der Waals surface area contributed by atoms with E-state index in [0.717, 1.165) is 67.5 Å². The van der Waals surface area contributed by atoms with Crippen LogP contribution in [0.2, 0.25) is 0 Å². The predicted molar refractivity (Wildman–Crippen MR) is 135 cm³/mol. The van der Waals surface area contributed by atoms with E-state index in [4.69, 9.17) is 4.98 Å². The Morgan fingerprint density at radius 2 is 1.86 bits per heavy atom. The minimum Gasteiger partial charge on any atom is -0.371 e. The summed E-state index contributed by atoms with van der Waals surface area (Å²) in [5.41, 5.74) is 3.38. The van der Waals surface area contributed by atoms with Crippen LogP contribution in [0.1, 0.15) is 43.7 Å². The molecule has 36 heavy (non-hydrogen) atoms. The second-order valence-corrected chi connectivity index (χ2v) is 9.92. The quantitative estimate of drug-likeness (QED) is 0.479. The number of halogens is 3. The Morgan fingerprint density at radius 1 is 1.11 bits per heavy atom. The first-order valence-corrected chi connectivity index (χ1v) is 12.6. The van der Waals surface area contributed by atoms with Crippen LogP contribution in [-0.2, 0) is 0 Å². The summed E-state index contributed by atoms with van der Waals surface area (Å²) in [5.74, 6) is 0.626. The molecule has 3 aromatic rings. The van der Waals surface area contributed by atoms with Crippen LogP contribution in [0.3, 0.4) is 0 Å². The molecule has 1 aromatic carbocycles. The van der Waals surface area contributed by atoms with E-state index in [2.05, 4.69) is 20.5 Å². The number of aromatic nitrogens is 3. The SMILES string of the molecule is Cc1cc(=O)n(C2CCCC2)c2nc(Nc3ccc(N4CCC(CNCC(F)(F)F)C4)cc3)ncc12. The number of benzene rings is 1. The number of rotatable bonds is 7. The topological polar surface area (TPSA) is 75.1 Å². The van der Waals surface area contributed by atoms with Gasteiger partial charge >= 0.3 is 6.18 Å². The minimum atomic E-state index is -4.18. The smallest absolute Gasteiger partial charge is 0.371 e. The van der Waals surface area contributed by atoms with Gasteiger partial charge in [-0.15, -0.1) is 0 Å². The monoisotopic (exact) mass is 500 g/mol. The maximum absolute atomic E-state index is 12.8. The van der Waals surface area contributed by atoms with E-state index in [0.29, 0.717) is 18.1 Å². The first-order valence-electron chi connectivity index (χ1n) is 12.6. The van der Waals surface area contributed by atoms with Crippen LogP contribution in [0, 0.1) is 12.8 Å². The fraction of sp³-hybridized carbons (Fsp3) is 0.500. The number of hydrogen-bond acceptors (Lipinski definition) is 6. The lowest BCUT2D eigenvalue weighted by Crippen LogP contribution is -2.33. The molecule has 1 aliphatic carbocycles. The third-order valence-electron chi connectivity index (χ3n) is 7.22. The lowest BCUT2D eigenvalue weighted by molar-refractivity contribution is -0.125. The first-order chi connectivity index (χ1) is 17.3. The fourth-order valence-electron chi connectivity index (χ4n) is 5.38. The Kier molecular flexibility index (Phi) is 6.87. The number of aryl methyl sites for hydroxylation is 1. The summed E-state index contributed by atoms with van der Waals surface area (Å²) >= 11 is 0. The molecule has 7 nitrogen and oxygen atoms in total. The van der Waals surface area contributed by atoms with Crippen LogP contribution in [0.4, 0.5) is 30.5 Å². The average Bonchev–Trinajstić information content (AvgIpc) is 3.51. The van der Waals surface area contributed by atoms with Crippen LogP contribution in [0.5, 0.6) is 0 Å². The summed E-state index contributed by atoms with van der Waals surface area (Å²) < 4.78 is 38.9. The van der Waals surface area contributed by atoms with Crippen molar-refractivity contribution >= 4 is 28.4 Å². The normalized spacial score (nSPS) is 18.9. The number of pyridine rings is 1. The van der Waals surface area contributed by atoms with Gasteiger partial charge in [0.1, 0.15) is 5.65 Å². The van der Waals surface area contributed by atoms with Gasteiger partial charge in [-0.2, -0.15) is 18.2 Å². The lowest BCUT2D eigenvalue weighted by Gasteiger charge is -2.20. The Morgan fingerprint density at radius 3 is 2.58 bits per heavy atom. The molecule has 0 bridgehead atoms. The molecule has 1 aliphatic heterocycles. The third kappa shape index (κ3) is 5.48. The molecule has 2 aliphatic rings. The molecule has 10 heteroatoms. The van der Waals surface area contributed by atoms with Gasteiger partial charge in [0.15, 0.2) is 0 Å². The van der Waals surface area contributed by atoms with Crippen LogP contribution in [-0.4, -0.2) is 46.9 Å². The number of nitrogens with zero attached hydrogens (tertiary/aromatic N) is 4. The van der Waals surface area contributed by atoms with Gasteiger partial charge < -0.3 is 15.5 Å². The highest BCUT2D eigenvalue weighted by molar-refractivity contribution is 5.79. The predicted octanol–water partition coefficient (Wildman–Crippen LogP) is 4.94. The maximum Gasteiger partial charge on any atom is 0.401 e. The number of anilines is 3. The van der Waals surface area contributed by atoms with Gasteiger partial charge in [0.2, 0.25) is 5.95 Å². The van der Waals surface area contributed by atoms with Gasteiger partial charge in [0.25, 0.3) is 5.56 Å². The zero-order valence-corrected chi connectivity index (χ0v) is 20.3. The van der Waals surface area contributed by atoms with E-state index in [9.17, 15) is 18.0 Å². The van der Waals surface area contributed by atoms with Crippen molar-refractivity contribution in [3.05, 3.63) is 52.4 Å². The zero-order valence-electron chi connectivity index (χ0n) is 20.3. The zero-order chi connectivity index (χ0) is 25.3. The average molecular weight is 501 g/mol. The van der Waals surface area contributed by atoms with E-state index in [1.807, 2.05) is 35.8 Å². The second-order valence-electron chi connectivity index (χ2n) is 9.92. The number of nitrogens with one attached hydrogen (secondary N) is 2. The van der Waals surface area contributed by atoms with Crippen molar-refractivity contribution in [3.8, 4) is 0 Å². The standard InChI is InChI=1S/C26H31F3N6O/c1-17-12-23(36)35(21-4-2-3-5-21)24-22(17)14-31-25(33-24)32-19-6-8-20(9-7-19)34-11-10-18(15-34)13-30-16-26(27,28)29/h6-9,12,14,18,21,30H,2-5,10-11,13,15-16H2,1H3,(H,31,32,33). The molecule has 0 amide bonds.